The van der Waals surface area contributed by atoms with Crippen molar-refractivity contribution in [3.8, 4) is 5.75 Å². The van der Waals surface area contributed by atoms with Crippen LogP contribution in [0.5, 0.6) is 5.75 Å². The first kappa shape index (κ1) is 17.3. The summed E-state index contributed by atoms with van der Waals surface area (Å²) >= 11 is 0. The Morgan fingerprint density at radius 2 is 2.09 bits per heavy atom. The van der Waals surface area contributed by atoms with Crippen molar-refractivity contribution in [1.82, 2.24) is 9.47 Å². The fourth-order valence-electron chi connectivity index (χ4n) is 2.33. The lowest BCUT2D eigenvalue weighted by atomic mass is 10.1. The third kappa shape index (κ3) is 4.22. The number of likely N-dealkylation sites (N-methyl/N-ethyl adjacent to an activating group) is 1. The molecule has 0 atom stereocenters. The lowest BCUT2D eigenvalue weighted by Crippen LogP contribution is -2.16. The Balaban J connectivity index is 2.35. The summed E-state index contributed by atoms with van der Waals surface area (Å²) in [7, 11) is 5.59. The van der Waals surface area contributed by atoms with Crippen LogP contribution >= 0.6 is 0 Å². The Labute approximate surface area is 134 Å². The van der Waals surface area contributed by atoms with E-state index in [1.165, 1.54) is 4.57 Å². The topological polar surface area (TPSA) is 73.2 Å². The molecule has 7 nitrogen and oxygen atoms in total. The van der Waals surface area contributed by atoms with E-state index in [2.05, 4.69) is 9.79 Å². The van der Waals surface area contributed by atoms with Gasteiger partial charge in [0.1, 0.15) is 19.0 Å². The number of carbonyl (C=O) groups excluding carboxylic acids is 1. The second-order valence-electron chi connectivity index (χ2n) is 5.41. The first-order valence-electron chi connectivity index (χ1n) is 7.33. The highest BCUT2D eigenvalue weighted by molar-refractivity contribution is 5.92. The molecule has 0 aliphatic heterocycles. The first-order valence-corrected chi connectivity index (χ1v) is 7.33. The summed E-state index contributed by atoms with van der Waals surface area (Å²) in [6.45, 7) is 0.784. The quantitative estimate of drug-likeness (QED) is 0.479. The Kier molecular flexibility index (Phi) is 5.97. The number of hydrogen-bond acceptors (Lipinski definition) is 6. The molecule has 0 unspecified atom stereocenters. The molecule has 0 aliphatic carbocycles. The SMILES string of the molecule is COc1ccc2c(CCN(C)C)cn(C(=O)OCCOO)c2c1. The van der Waals surface area contributed by atoms with E-state index in [4.69, 9.17) is 14.7 Å². The van der Waals surface area contributed by atoms with E-state index >= 15 is 0 Å². The largest absolute Gasteiger partial charge is 0.497 e. The van der Waals surface area contributed by atoms with Crippen LogP contribution in [-0.4, -0.2) is 61.8 Å². The van der Waals surface area contributed by atoms with Crippen LogP contribution in [0, 0.1) is 0 Å². The van der Waals surface area contributed by atoms with Crippen LogP contribution in [0.4, 0.5) is 4.79 Å². The van der Waals surface area contributed by atoms with Crippen molar-refractivity contribution in [2.75, 3.05) is 41.0 Å². The minimum atomic E-state index is -0.517. The first-order chi connectivity index (χ1) is 11.1. The van der Waals surface area contributed by atoms with Gasteiger partial charge >= 0.3 is 6.09 Å². The van der Waals surface area contributed by atoms with E-state index in [0.29, 0.717) is 5.75 Å². The highest BCUT2D eigenvalue weighted by Crippen LogP contribution is 2.26. The van der Waals surface area contributed by atoms with Crippen LogP contribution in [0.15, 0.2) is 24.4 Å². The van der Waals surface area contributed by atoms with Gasteiger partial charge in [0.15, 0.2) is 0 Å². The number of aromatic nitrogens is 1. The molecule has 1 heterocycles. The fourth-order valence-corrected chi connectivity index (χ4v) is 2.33. The standard InChI is InChI=1S/C16H22N2O5/c1-17(2)7-6-12-11-18(16(19)22-8-9-23-20)15-10-13(21-3)4-5-14(12)15/h4-5,10-11,20H,6-9H2,1-3H3. The number of benzene rings is 1. The monoisotopic (exact) mass is 322 g/mol. The predicted molar refractivity (Wildman–Crippen MR) is 86.1 cm³/mol. The number of fused-ring (bicyclic) bond motifs is 1. The van der Waals surface area contributed by atoms with Gasteiger partial charge in [0.05, 0.1) is 12.6 Å². The van der Waals surface area contributed by atoms with Crippen molar-refractivity contribution in [2.24, 2.45) is 0 Å². The summed E-state index contributed by atoms with van der Waals surface area (Å²) in [6.07, 6.45) is 2.09. The molecular formula is C16H22N2O5. The number of methoxy groups -OCH3 is 1. The summed E-state index contributed by atoms with van der Waals surface area (Å²) < 4.78 is 11.8. The molecule has 0 saturated carbocycles. The van der Waals surface area contributed by atoms with E-state index in [1.807, 2.05) is 26.2 Å². The van der Waals surface area contributed by atoms with Gasteiger partial charge in [-0.1, -0.05) is 0 Å². The molecule has 0 spiro atoms. The van der Waals surface area contributed by atoms with Gasteiger partial charge in [0.25, 0.3) is 0 Å². The summed E-state index contributed by atoms with van der Waals surface area (Å²) in [4.78, 5) is 18.2. The van der Waals surface area contributed by atoms with Crippen molar-refractivity contribution in [3.63, 3.8) is 0 Å². The second-order valence-corrected chi connectivity index (χ2v) is 5.41. The van der Waals surface area contributed by atoms with Crippen molar-refractivity contribution in [3.05, 3.63) is 30.0 Å². The van der Waals surface area contributed by atoms with Gasteiger partial charge in [0.2, 0.25) is 0 Å². The van der Waals surface area contributed by atoms with Crippen LogP contribution in [0.3, 0.4) is 0 Å². The summed E-state index contributed by atoms with van der Waals surface area (Å²) in [6, 6.07) is 5.62. The Morgan fingerprint density at radius 3 is 2.74 bits per heavy atom. The Bertz CT molecular complexity index is 666. The fraction of sp³-hybridized carbons (Fsp3) is 0.438. The van der Waals surface area contributed by atoms with Gasteiger partial charge < -0.3 is 14.4 Å². The molecule has 2 aromatic rings. The maximum absolute atomic E-state index is 12.2. The molecule has 0 radical (unpaired) electrons. The van der Waals surface area contributed by atoms with Crippen LogP contribution < -0.4 is 4.74 Å². The van der Waals surface area contributed by atoms with Crippen molar-refractivity contribution in [1.29, 1.82) is 0 Å². The van der Waals surface area contributed by atoms with Crippen molar-refractivity contribution in [2.45, 2.75) is 6.42 Å². The normalized spacial score (nSPS) is 11.2. The van der Waals surface area contributed by atoms with E-state index < -0.39 is 6.09 Å². The van der Waals surface area contributed by atoms with E-state index in [9.17, 15) is 4.79 Å². The molecule has 1 aromatic carbocycles. The van der Waals surface area contributed by atoms with Gasteiger partial charge in [-0.05, 0) is 38.2 Å². The highest BCUT2D eigenvalue weighted by atomic mass is 17.1. The van der Waals surface area contributed by atoms with Crippen LogP contribution in [0.25, 0.3) is 10.9 Å². The van der Waals surface area contributed by atoms with Gasteiger partial charge in [0, 0.05) is 24.2 Å². The van der Waals surface area contributed by atoms with E-state index in [0.717, 1.165) is 29.4 Å². The predicted octanol–water partition coefficient (Wildman–Crippen LogP) is 2.23. The summed E-state index contributed by atoms with van der Waals surface area (Å²) in [5.41, 5.74) is 1.79. The van der Waals surface area contributed by atoms with E-state index in [1.54, 1.807) is 19.4 Å². The number of nitrogens with zero attached hydrogens (tertiary/aromatic N) is 2. The van der Waals surface area contributed by atoms with E-state index in [-0.39, 0.29) is 13.2 Å². The van der Waals surface area contributed by atoms with Gasteiger partial charge in [-0.25, -0.2) is 9.68 Å². The lowest BCUT2D eigenvalue weighted by molar-refractivity contribution is -0.246. The maximum Gasteiger partial charge on any atom is 0.418 e. The number of ether oxygens (including phenoxy) is 2. The van der Waals surface area contributed by atoms with Crippen LogP contribution in [-0.2, 0) is 16.0 Å². The Hall–Kier alpha value is -2.09. The van der Waals surface area contributed by atoms with Crippen molar-refractivity contribution >= 4 is 17.0 Å². The second kappa shape index (κ2) is 7.96. The number of hydrogen-bond donors (Lipinski definition) is 1. The zero-order chi connectivity index (χ0) is 16.8. The average Bonchev–Trinajstić information content (AvgIpc) is 2.91. The van der Waals surface area contributed by atoms with Gasteiger partial charge in [-0.15, -0.1) is 0 Å². The Morgan fingerprint density at radius 1 is 1.30 bits per heavy atom. The zero-order valence-electron chi connectivity index (χ0n) is 13.6. The summed E-state index contributed by atoms with van der Waals surface area (Å²) in [5, 5.41) is 9.29. The molecule has 0 aliphatic rings. The molecular weight excluding hydrogens is 300 g/mol. The lowest BCUT2D eigenvalue weighted by Gasteiger charge is -2.08. The maximum atomic E-state index is 12.2. The molecule has 7 heteroatoms. The minimum Gasteiger partial charge on any atom is -0.497 e. The molecule has 0 amide bonds. The molecule has 1 aromatic heterocycles. The summed E-state index contributed by atoms with van der Waals surface area (Å²) in [5.74, 6) is 0.669. The molecule has 0 saturated heterocycles. The smallest absolute Gasteiger partial charge is 0.418 e. The third-order valence-electron chi connectivity index (χ3n) is 3.52. The molecule has 2 rings (SSSR count). The van der Waals surface area contributed by atoms with Gasteiger partial charge in [-0.3, -0.25) is 9.82 Å². The molecule has 0 fully saturated rings. The highest BCUT2D eigenvalue weighted by Gasteiger charge is 2.15. The van der Waals surface area contributed by atoms with Crippen LogP contribution in [0.2, 0.25) is 0 Å². The zero-order valence-corrected chi connectivity index (χ0v) is 13.6. The number of carbonyl (C=O) groups is 1. The average molecular weight is 322 g/mol. The van der Waals surface area contributed by atoms with Gasteiger partial charge in [-0.2, -0.15) is 0 Å². The molecule has 0 bridgehead atoms. The minimum absolute atomic E-state index is 0.0218. The van der Waals surface area contributed by atoms with Crippen molar-refractivity contribution < 1.29 is 24.4 Å². The molecule has 23 heavy (non-hydrogen) atoms. The van der Waals surface area contributed by atoms with Crippen LogP contribution in [0.1, 0.15) is 5.56 Å². The molecule has 1 N–H and O–H groups in total. The molecule has 126 valence electrons. The third-order valence-corrected chi connectivity index (χ3v) is 3.52. The number of rotatable bonds is 7.